The minimum Gasteiger partial charge on any atom is -0.487 e. The molecule has 0 aromatic carbocycles. The van der Waals surface area contributed by atoms with Crippen LogP contribution < -0.4 is 20.5 Å². The quantitative estimate of drug-likeness (QED) is 0.729. The number of carbonyl (C=O) groups is 2. The van der Waals surface area contributed by atoms with E-state index in [1.165, 1.54) is 25.4 Å². The Morgan fingerprint density at radius 1 is 1.20 bits per heavy atom. The standard InChI is InChI=1S/C16H18N4O5/c1-10(21)19-15-14(24-8-7-23-2)4-3-12(20-15)11-9-18-6-5-13(11)25-16(17)22/h3-6,9H,7-8H2,1-2H3,(H2,17,22)(H,19,20,21). The highest BCUT2D eigenvalue weighted by molar-refractivity contribution is 5.89. The molecule has 2 heterocycles. The second-order valence-electron chi connectivity index (χ2n) is 4.86. The number of anilines is 1. The fourth-order valence-corrected chi connectivity index (χ4v) is 1.98. The summed E-state index contributed by atoms with van der Waals surface area (Å²) in [4.78, 5) is 30.8. The predicted octanol–water partition coefficient (Wildman–Crippen LogP) is 1.58. The molecular formula is C16H18N4O5. The van der Waals surface area contributed by atoms with Crippen LogP contribution in [0.4, 0.5) is 10.6 Å². The van der Waals surface area contributed by atoms with Crippen LogP contribution in [0.25, 0.3) is 11.3 Å². The molecule has 3 N–H and O–H groups in total. The molecule has 2 aromatic rings. The van der Waals surface area contributed by atoms with Crippen LogP contribution in [0.2, 0.25) is 0 Å². The van der Waals surface area contributed by atoms with Gasteiger partial charge in [-0.05, 0) is 12.1 Å². The van der Waals surface area contributed by atoms with E-state index >= 15 is 0 Å². The maximum atomic E-state index is 11.4. The molecule has 0 aliphatic heterocycles. The number of amides is 2. The van der Waals surface area contributed by atoms with Gasteiger partial charge in [0.1, 0.15) is 12.4 Å². The van der Waals surface area contributed by atoms with E-state index in [9.17, 15) is 9.59 Å². The van der Waals surface area contributed by atoms with Crippen molar-refractivity contribution in [2.45, 2.75) is 6.92 Å². The van der Waals surface area contributed by atoms with Gasteiger partial charge >= 0.3 is 6.09 Å². The molecule has 0 unspecified atom stereocenters. The summed E-state index contributed by atoms with van der Waals surface area (Å²) in [5.74, 6) is 0.519. The molecule has 2 aromatic heterocycles. The largest absolute Gasteiger partial charge is 0.487 e. The number of nitrogens with one attached hydrogen (secondary N) is 1. The van der Waals surface area contributed by atoms with Gasteiger partial charge in [-0.3, -0.25) is 9.78 Å². The van der Waals surface area contributed by atoms with Crippen molar-refractivity contribution in [1.82, 2.24) is 9.97 Å². The first-order valence-corrected chi connectivity index (χ1v) is 7.33. The van der Waals surface area contributed by atoms with Crippen LogP contribution in [-0.4, -0.2) is 42.3 Å². The van der Waals surface area contributed by atoms with Gasteiger partial charge in [0.15, 0.2) is 11.6 Å². The molecule has 0 spiro atoms. The first-order chi connectivity index (χ1) is 12.0. The monoisotopic (exact) mass is 346 g/mol. The number of nitrogens with zero attached hydrogens (tertiary/aromatic N) is 2. The molecule has 0 atom stereocenters. The smallest absolute Gasteiger partial charge is 0.409 e. The van der Waals surface area contributed by atoms with Gasteiger partial charge in [-0.25, -0.2) is 9.78 Å². The molecule has 25 heavy (non-hydrogen) atoms. The van der Waals surface area contributed by atoms with Gasteiger partial charge in [0.2, 0.25) is 5.91 Å². The van der Waals surface area contributed by atoms with Gasteiger partial charge in [0.05, 0.1) is 17.9 Å². The van der Waals surface area contributed by atoms with Crippen LogP contribution in [0.3, 0.4) is 0 Å². The Morgan fingerprint density at radius 3 is 2.68 bits per heavy atom. The van der Waals surface area contributed by atoms with Crippen molar-refractivity contribution in [3.05, 3.63) is 30.6 Å². The van der Waals surface area contributed by atoms with Crippen LogP contribution in [0, 0.1) is 0 Å². The van der Waals surface area contributed by atoms with Gasteiger partial charge in [-0.1, -0.05) is 0 Å². The second-order valence-corrected chi connectivity index (χ2v) is 4.86. The molecule has 0 fully saturated rings. The number of carbonyl (C=O) groups excluding carboxylic acids is 2. The summed E-state index contributed by atoms with van der Waals surface area (Å²) >= 11 is 0. The molecule has 0 aliphatic carbocycles. The van der Waals surface area contributed by atoms with Crippen molar-refractivity contribution in [2.24, 2.45) is 5.73 Å². The van der Waals surface area contributed by atoms with Crippen LogP contribution in [0.15, 0.2) is 30.6 Å². The van der Waals surface area contributed by atoms with E-state index in [0.717, 1.165) is 0 Å². The zero-order valence-corrected chi connectivity index (χ0v) is 13.8. The number of ether oxygens (including phenoxy) is 3. The highest BCUT2D eigenvalue weighted by Gasteiger charge is 2.14. The van der Waals surface area contributed by atoms with Crippen molar-refractivity contribution < 1.29 is 23.8 Å². The van der Waals surface area contributed by atoms with Crippen LogP contribution in [0.1, 0.15) is 6.92 Å². The number of rotatable bonds is 7. The molecule has 0 saturated heterocycles. The summed E-state index contributed by atoms with van der Waals surface area (Å²) in [5.41, 5.74) is 5.93. The maximum Gasteiger partial charge on any atom is 0.409 e. The molecule has 0 aliphatic rings. The first kappa shape index (κ1) is 18.1. The number of pyridine rings is 2. The summed E-state index contributed by atoms with van der Waals surface area (Å²) in [6.45, 7) is 2.05. The summed E-state index contributed by atoms with van der Waals surface area (Å²) in [5, 5.41) is 2.60. The van der Waals surface area contributed by atoms with E-state index in [2.05, 4.69) is 15.3 Å². The first-order valence-electron chi connectivity index (χ1n) is 7.33. The topological polar surface area (TPSA) is 126 Å². The number of hydrogen-bond donors (Lipinski definition) is 2. The lowest BCUT2D eigenvalue weighted by Gasteiger charge is -2.13. The van der Waals surface area contributed by atoms with E-state index in [4.69, 9.17) is 19.9 Å². The van der Waals surface area contributed by atoms with Gasteiger partial charge in [-0.2, -0.15) is 0 Å². The van der Waals surface area contributed by atoms with Crippen LogP contribution in [0.5, 0.6) is 11.5 Å². The Morgan fingerprint density at radius 2 is 2.00 bits per heavy atom. The van der Waals surface area contributed by atoms with E-state index in [1.54, 1.807) is 19.2 Å². The third-order valence-corrected chi connectivity index (χ3v) is 2.97. The van der Waals surface area contributed by atoms with Crippen LogP contribution >= 0.6 is 0 Å². The number of primary amides is 1. The van der Waals surface area contributed by atoms with Crippen LogP contribution in [-0.2, 0) is 9.53 Å². The fraction of sp³-hybridized carbons (Fsp3) is 0.250. The summed E-state index contributed by atoms with van der Waals surface area (Å²) < 4.78 is 15.4. The lowest BCUT2D eigenvalue weighted by Crippen LogP contribution is -2.17. The Hall–Kier alpha value is -3.20. The fourth-order valence-electron chi connectivity index (χ4n) is 1.98. The Bertz CT molecular complexity index is 766. The lowest BCUT2D eigenvalue weighted by atomic mass is 10.1. The average Bonchev–Trinajstić information content (AvgIpc) is 2.56. The van der Waals surface area contributed by atoms with E-state index in [-0.39, 0.29) is 17.5 Å². The zero-order valence-electron chi connectivity index (χ0n) is 13.8. The van der Waals surface area contributed by atoms with E-state index in [1.807, 2.05) is 0 Å². The maximum absolute atomic E-state index is 11.4. The zero-order chi connectivity index (χ0) is 18.2. The van der Waals surface area contributed by atoms with Crippen molar-refractivity contribution in [1.29, 1.82) is 0 Å². The normalized spacial score (nSPS) is 10.2. The number of hydrogen-bond acceptors (Lipinski definition) is 7. The minimum absolute atomic E-state index is 0.205. The second kappa shape index (κ2) is 8.60. The van der Waals surface area contributed by atoms with Gasteiger partial charge in [0, 0.05) is 32.5 Å². The molecule has 0 radical (unpaired) electrons. The van der Waals surface area contributed by atoms with Crippen molar-refractivity contribution in [3.63, 3.8) is 0 Å². The molecule has 132 valence electrons. The van der Waals surface area contributed by atoms with E-state index in [0.29, 0.717) is 30.2 Å². The number of aromatic nitrogens is 2. The molecule has 0 bridgehead atoms. The lowest BCUT2D eigenvalue weighted by molar-refractivity contribution is -0.114. The Labute approximate surface area is 144 Å². The van der Waals surface area contributed by atoms with Crippen molar-refractivity contribution >= 4 is 17.8 Å². The average molecular weight is 346 g/mol. The molecule has 9 heteroatoms. The predicted molar refractivity (Wildman–Crippen MR) is 89.4 cm³/mol. The van der Waals surface area contributed by atoms with Gasteiger partial charge in [-0.15, -0.1) is 0 Å². The summed E-state index contributed by atoms with van der Waals surface area (Å²) in [6, 6.07) is 4.78. The number of methoxy groups -OCH3 is 1. The number of nitrogens with two attached hydrogens (primary N) is 1. The molecule has 9 nitrogen and oxygen atoms in total. The van der Waals surface area contributed by atoms with Crippen molar-refractivity contribution in [2.75, 3.05) is 25.6 Å². The molecule has 2 rings (SSSR count). The molecular weight excluding hydrogens is 328 g/mol. The molecule has 2 amide bonds. The van der Waals surface area contributed by atoms with Gasteiger partial charge < -0.3 is 25.3 Å². The summed E-state index contributed by atoms with van der Waals surface area (Å²) in [6.07, 6.45) is 1.98. The highest BCUT2D eigenvalue weighted by atomic mass is 16.5. The SMILES string of the molecule is COCCOc1ccc(-c2cnccc2OC(N)=O)nc1NC(C)=O. The minimum atomic E-state index is -0.950. The summed E-state index contributed by atoms with van der Waals surface area (Å²) in [7, 11) is 1.56. The Balaban J connectivity index is 2.39. The third kappa shape index (κ3) is 5.15. The van der Waals surface area contributed by atoms with Gasteiger partial charge in [0.25, 0.3) is 0 Å². The third-order valence-electron chi connectivity index (χ3n) is 2.97. The Kier molecular flexibility index (Phi) is 6.24. The molecule has 0 saturated carbocycles. The highest BCUT2D eigenvalue weighted by Crippen LogP contribution is 2.32. The van der Waals surface area contributed by atoms with Crippen molar-refractivity contribution in [3.8, 4) is 22.8 Å². The van der Waals surface area contributed by atoms with E-state index < -0.39 is 6.09 Å².